The van der Waals surface area contributed by atoms with Gasteiger partial charge < -0.3 is 10.1 Å². The van der Waals surface area contributed by atoms with Crippen LogP contribution < -0.4 is 10.1 Å². The van der Waals surface area contributed by atoms with Crippen LogP contribution in [0.1, 0.15) is 41.1 Å². The fraction of sp³-hybridized carbons (Fsp3) is 0.571. The molecule has 1 unspecified atom stereocenters. The van der Waals surface area contributed by atoms with E-state index in [-0.39, 0.29) is 0 Å². The van der Waals surface area contributed by atoms with Crippen LogP contribution in [-0.4, -0.2) is 13.7 Å². The number of ether oxygens (including phenoxy) is 1. The van der Waals surface area contributed by atoms with Crippen LogP contribution in [0.25, 0.3) is 0 Å². The Morgan fingerprint density at radius 3 is 2.56 bits per heavy atom. The largest absolute Gasteiger partial charge is 0.496 e. The SMILES string of the molecule is COc1c(C)cc(C2CCCN2)c(C)c1C. The molecule has 88 valence electrons. The van der Waals surface area contributed by atoms with Gasteiger partial charge in [0.2, 0.25) is 0 Å². The minimum absolute atomic E-state index is 0.545. The van der Waals surface area contributed by atoms with Crippen LogP contribution in [0.4, 0.5) is 0 Å². The fourth-order valence-corrected chi connectivity index (χ4v) is 2.72. The third-order valence-corrected chi connectivity index (χ3v) is 3.71. The lowest BCUT2D eigenvalue weighted by Crippen LogP contribution is -2.15. The second-order valence-corrected chi connectivity index (χ2v) is 4.71. The highest BCUT2D eigenvalue weighted by atomic mass is 16.5. The molecule has 1 heterocycles. The summed E-state index contributed by atoms with van der Waals surface area (Å²) in [7, 11) is 1.75. The van der Waals surface area contributed by atoms with E-state index in [9.17, 15) is 0 Å². The molecule has 0 spiro atoms. The van der Waals surface area contributed by atoms with Crippen molar-refractivity contribution in [2.24, 2.45) is 0 Å². The minimum Gasteiger partial charge on any atom is -0.496 e. The van der Waals surface area contributed by atoms with Crippen LogP contribution >= 0.6 is 0 Å². The molecule has 0 aliphatic carbocycles. The number of methoxy groups -OCH3 is 1. The van der Waals surface area contributed by atoms with E-state index in [0.717, 1.165) is 12.3 Å². The maximum Gasteiger partial charge on any atom is 0.124 e. The maximum atomic E-state index is 5.45. The molecule has 2 heteroatoms. The quantitative estimate of drug-likeness (QED) is 0.825. The molecule has 2 nitrogen and oxygen atoms in total. The van der Waals surface area contributed by atoms with Crippen LogP contribution in [0.5, 0.6) is 5.75 Å². The molecule has 16 heavy (non-hydrogen) atoms. The van der Waals surface area contributed by atoms with Crippen LogP contribution in [0.3, 0.4) is 0 Å². The first-order valence-electron chi connectivity index (χ1n) is 6.03. The van der Waals surface area contributed by atoms with Gasteiger partial charge in [0.05, 0.1) is 7.11 Å². The van der Waals surface area contributed by atoms with Crippen LogP contribution in [0, 0.1) is 20.8 Å². The van der Waals surface area contributed by atoms with Gasteiger partial charge in [0, 0.05) is 6.04 Å². The summed E-state index contributed by atoms with van der Waals surface area (Å²) in [5.41, 5.74) is 5.36. The molecule has 0 aromatic heterocycles. The molecule has 1 fully saturated rings. The molecule has 0 bridgehead atoms. The Labute approximate surface area is 98.0 Å². The zero-order valence-corrected chi connectivity index (χ0v) is 10.7. The van der Waals surface area contributed by atoms with Crippen LogP contribution in [-0.2, 0) is 0 Å². The van der Waals surface area contributed by atoms with E-state index >= 15 is 0 Å². The highest BCUT2D eigenvalue weighted by Gasteiger charge is 2.20. The molecule has 1 aliphatic heterocycles. The average molecular weight is 219 g/mol. The second kappa shape index (κ2) is 4.46. The van der Waals surface area contributed by atoms with Gasteiger partial charge in [-0.25, -0.2) is 0 Å². The Balaban J connectivity index is 2.46. The Morgan fingerprint density at radius 2 is 2.00 bits per heavy atom. The molecule has 1 aromatic rings. The first-order valence-corrected chi connectivity index (χ1v) is 6.03. The van der Waals surface area contributed by atoms with Crippen molar-refractivity contribution in [3.05, 3.63) is 28.3 Å². The van der Waals surface area contributed by atoms with Crippen molar-refractivity contribution >= 4 is 0 Å². The van der Waals surface area contributed by atoms with E-state index in [1.165, 1.54) is 35.1 Å². The summed E-state index contributed by atoms with van der Waals surface area (Å²) in [5, 5.41) is 3.56. The topological polar surface area (TPSA) is 21.3 Å². The van der Waals surface area contributed by atoms with Crippen molar-refractivity contribution in [2.75, 3.05) is 13.7 Å². The molecule has 2 rings (SSSR count). The Morgan fingerprint density at radius 1 is 1.25 bits per heavy atom. The standard InChI is InChI=1S/C14H21NO/c1-9-8-12(13-6-5-7-15-13)10(2)11(3)14(9)16-4/h8,13,15H,5-7H2,1-4H3. The Hall–Kier alpha value is -1.02. The van der Waals surface area contributed by atoms with Gasteiger partial charge in [0.1, 0.15) is 5.75 Å². The minimum atomic E-state index is 0.545. The summed E-state index contributed by atoms with van der Waals surface area (Å²) in [6.45, 7) is 7.63. The average Bonchev–Trinajstić information content (AvgIpc) is 2.77. The van der Waals surface area contributed by atoms with Crippen LogP contribution in [0.15, 0.2) is 6.07 Å². The van der Waals surface area contributed by atoms with Gasteiger partial charge in [0.25, 0.3) is 0 Å². The van der Waals surface area contributed by atoms with E-state index in [1.807, 2.05) is 0 Å². The van der Waals surface area contributed by atoms with Gasteiger partial charge in [-0.3, -0.25) is 0 Å². The number of rotatable bonds is 2. The summed E-state index contributed by atoms with van der Waals surface area (Å²) >= 11 is 0. The molecule has 0 radical (unpaired) electrons. The molecular weight excluding hydrogens is 198 g/mol. The number of nitrogens with one attached hydrogen (secondary N) is 1. The predicted molar refractivity (Wildman–Crippen MR) is 67.2 cm³/mol. The molecular formula is C14H21NO. The van der Waals surface area contributed by atoms with Crippen molar-refractivity contribution in [1.82, 2.24) is 5.32 Å². The summed E-state index contributed by atoms with van der Waals surface area (Å²) < 4.78 is 5.45. The third kappa shape index (κ3) is 1.82. The van der Waals surface area contributed by atoms with Gasteiger partial charge in [-0.1, -0.05) is 6.07 Å². The molecule has 1 N–H and O–H groups in total. The van der Waals surface area contributed by atoms with Crippen molar-refractivity contribution in [2.45, 2.75) is 39.7 Å². The van der Waals surface area contributed by atoms with Crippen molar-refractivity contribution in [3.63, 3.8) is 0 Å². The van der Waals surface area contributed by atoms with Crippen molar-refractivity contribution < 1.29 is 4.74 Å². The number of aryl methyl sites for hydroxylation is 1. The summed E-state index contributed by atoms with van der Waals surface area (Å²) in [4.78, 5) is 0. The summed E-state index contributed by atoms with van der Waals surface area (Å²) in [6, 6.07) is 2.83. The molecule has 1 aliphatic rings. The lowest BCUT2D eigenvalue weighted by atomic mass is 9.93. The third-order valence-electron chi connectivity index (χ3n) is 3.71. The lowest BCUT2D eigenvalue weighted by molar-refractivity contribution is 0.407. The van der Waals surface area contributed by atoms with Gasteiger partial charge >= 0.3 is 0 Å². The Bertz CT molecular complexity index is 392. The first kappa shape index (κ1) is 11.5. The van der Waals surface area contributed by atoms with E-state index in [4.69, 9.17) is 4.74 Å². The Kier molecular flexibility index (Phi) is 3.20. The van der Waals surface area contributed by atoms with Crippen molar-refractivity contribution in [3.8, 4) is 5.75 Å². The van der Waals surface area contributed by atoms with Gasteiger partial charge in [0.15, 0.2) is 0 Å². The number of hydrogen-bond acceptors (Lipinski definition) is 2. The summed E-state index contributed by atoms with van der Waals surface area (Å²) in [6.07, 6.45) is 2.54. The van der Waals surface area contributed by atoms with Gasteiger partial charge in [-0.05, 0) is 62.4 Å². The van der Waals surface area contributed by atoms with E-state index in [2.05, 4.69) is 32.2 Å². The van der Waals surface area contributed by atoms with Gasteiger partial charge in [-0.15, -0.1) is 0 Å². The first-order chi connectivity index (χ1) is 7.65. The molecule has 0 saturated carbocycles. The predicted octanol–water partition coefficient (Wildman–Crippen LogP) is 3.04. The molecule has 0 amide bonds. The highest BCUT2D eigenvalue weighted by molar-refractivity contribution is 5.50. The fourth-order valence-electron chi connectivity index (χ4n) is 2.72. The number of hydrogen-bond donors (Lipinski definition) is 1. The second-order valence-electron chi connectivity index (χ2n) is 4.71. The zero-order chi connectivity index (χ0) is 11.7. The van der Waals surface area contributed by atoms with Crippen LogP contribution in [0.2, 0.25) is 0 Å². The van der Waals surface area contributed by atoms with Crippen molar-refractivity contribution in [1.29, 1.82) is 0 Å². The van der Waals surface area contributed by atoms with E-state index in [0.29, 0.717) is 6.04 Å². The molecule has 1 atom stereocenters. The normalized spacial score (nSPS) is 20.1. The molecule has 1 aromatic carbocycles. The highest BCUT2D eigenvalue weighted by Crippen LogP contribution is 2.34. The van der Waals surface area contributed by atoms with E-state index in [1.54, 1.807) is 7.11 Å². The monoisotopic (exact) mass is 219 g/mol. The maximum absolute atomic E-state index is 5.45. The lowest BCUT2D eigenvalue weighted by Gasteiger charge is -2.19. The zero-order valence-electron chi connectivity index (χ0n) is 10.7. The van der Waals surface area contributed by atoms with E-state index < -0.39 is 0 Å². The number of benzene rings is 1. The van der Waals surface area contributed by atoms with Gasteiger partial charge in [-0.2, -0.15) is 0 Å². The smallest absolute Gasteiger partial charge is 0.124 e. The summed E-state index contributed by atoms with van der Waals surface area (Å²) in [5.74, 6) is 1.04. The molecule has 1 saturated heterocycles.